The number of hydrogen-bond acceptors (Lipinski definition) is 4. The van der Waals surface area contributed by atoms with Crippen LogP contribution in [-0.4, -0.2) is 33.9 Å². The van der Waals surface area contributed by atoms with E-state index in [0.717, 1.165) is 0 Å². The predicted molar refractivity (Wildman–Crippen MR) is 56.8 cm³/mol. The summed E-state index contributed by atoms with van der Waals surface area (Å²) in [5.74, 6) is -0.0849. The Kier molecular flexibility index (Phi) is 4.03. The Morgan fingerprint density at radius 2 is 2.33 bits per heavy atom. The van der Waals surface area contributed by atoms with Gasteiger partial charge in [0.05, 0.1) is 6.42 Å². The van der Waals surface area contributed by atoms with E-state index < -0.39 is 5.97 Å². The van der Waals surface area contributed by atoms with Gasteiger partial charge in [0, 0.05) is 18.8 Å². The Morgan fingerprint density at radius 1 is 1.60 bits per heavy atom. The van der Waals surface area contributed by atoms with E-state index in [4.69, 9.17) is 5.11 Å². The SMILES string of the molecule is CC(C)N(CCC(=O)O)c1cccnn1. The molecule has 0 fully saturated rings. The molecule has 1 N–H and O–H groups in total. The van der Waals surface area contributed by atoms with Crippen molar-refractivity contribution in [2.24, 2.45) is 0 Å². The monoisotopic (exact) mass is 209 g/mol. The minimum atomic E-state index is -0.801. The van der Waals surface area contributed by atoms with Crippen molar-refractivity contribution in [2.45, 2.75) is 26.3 Å². The maximum absolute atomic E-state index is 10.5. The van der Waals surface area contributed by atoms with Crippen molar-refractivity contribution < 1.29 is 9.90 Å². The van der Waals surface area contributed by atoms with Crippen molar-refractivity contribution in [2.75, 3.05) is 11.4 Å². The van der Waals surface area contributed by atoms with E-state index in [2.05, 4.69) is 10.2 Å². The third kappa shape index (κ3) is 3.53. The lowest BCUT2D eigenvalue weighted by Crippen LogP contribution is -2.33. The number of nitrogens with zero attached hydrogens (tertiary/aromatic N) is 3. The summed E-state index contributed by atoms with van der Waals surface area (Å²) in [4.78, 5) is 12.4. The van der Waals surface area contributed by atoms with Gasteiger partial charge in [0.15, 0.2) is 5.82 Å². The number of hydrogen-bond donors (Lipinski definition) is 1. The molecule has 5 nitrogen and oxygen atoms in total. The van der Waals surface area contributed by atoms with Crippen LogP contribution in [-0.2, 0) is 4.79 Å². The molecule has 5 heteroatoms. The van der Waals surface area contributed by atoms with E-state index in [0.29, 0.717) is 12.4 Å². The van der Waals surface area contributed by atoms with Gasteiger partial charge in [-0.15, -0.1) is 5.10 Å². The largest absolute Gasteiger partial charge is 0.481 e. The lowest BCUT2D eigenvalue weighted by molar-refractivity contribution is -0.136. The summed E-state index contributed by atoms with van der Waals surface area (Å²) in [5.41, 5.74) is 0. The topological polar surface area (TPSA) is 66.3 Å². The molecular formula is C10H15N3O2. The summed E-state index contributed by atoms with van der Waals surface area (Å²) < 4.78 is 0. The molecule has 0 bridgehead atoms. The van der Waals surface area contributed by atoms with Crippen molar-refractivity contribution in [1.82, 2.24) is 10.2 Å². The molecule has 0 atom stereocenters. The van der Waals surface area contributed by atoms with Gasteiger partial charge in [-0.05, 0) is 26.0 Å². The minimum absolute atomic E-state index is 0.106. The molecule has 1 rings (SSSR count). The van der Waals surface area contributed by atoms with Crippen LogP contribution in [0.1, 0.15) is 20.3 Å². The molecule has 0 unspecified atom stereocenters. The molecule has 0 saturated heterocycles. The van der Waals surface area contributed by atoms with Crippen molar-refractivity contribution in [1.29, 1.82) is 0 Å². The third-order valence-electron chi connectivity index (χ3n) is 2.04. The smallest absolute Gasteiger partial charge is 0.305 e. The van der Waals surface area contributed by atoms with Gasteiger partial charge < -0.3 is 10.0 Å². The van der Waals surface area contributed by atoms with E-state index in [1.807, 2.05) is 24.8 Å². The molecule has 1 heterocycles. The summed E-state index contributed by atoms with van der Waals surface area (Å²) in [6.07, 6.45) is 1.70. The quantitative estimate of drug-likeness (QED) is 0.788. The van der Waals surface area contributed by atoms with Gasteiger partial charge in [0.2, 0.25) is 0 Å². The van der Waals surface area contributed by atoms with Crippen molar-refractivity contribution in [3.63, 3.8) is 0 Å². The second-order valence-electron chi connectivity index (χ2n) is 3.51. The van der Waals surface area contributed by atoms with Crippen molar-refractivity contribution in [3.8, 4) is 0 Å². The van der Waals surface area contributed by atoms with Gasteiger partial charge in [-0.1, -0.05) is 0 Å². The lowest BCUT2D eigenvalue weighted by atomic mass is 10.3. The van der Waals surface area contributed by atoms with Crippen LogP contribution in [0.2, 0.25) is 0 Å². The van der Waals surface area contributed by atoms with Crippen LogP contribution in [0.3, 0.4) is 0 Å². The van der Waals surface area contributed by atoms with Gasteiger partial charge in [0.25, 0.3) is 0 Å². The van der Waals surface area contributed by atoms with Crippen molar-refractivity contribution >= 4 is 11.8 Å². The van der Waals surface area contributed by atoms with Gasteiger partial charge in [-0.25, -0.2) is 0 Å². The third-order valence-corrected chi connectivity index (χ3v) is 2.04. The molecule has 1 aromatic heterocycles. The van der Waals surface area contributed by atoms with Crippen LogP contribution >= 0.6 is 0 Å². The Labute approximate surface area is 88.7 Å². The fourth-order valence-electron chi connectivity index (χ4n) is 1.30. The van der Waals surface area contributed by atoms with Crippen LogP contribution in [0.4, 0.5) is 5.82 Å². The first-order chi connectivity index (χ1) is 7.11. The van der Waals surface area contributed by atoms with E-state index in [9.17, 15) is 4.79 Å². The lowest BCUT2D eigenvalue weighted by Gasteiger charge is -2.26. The summed E-state index contributed by atoms with van der Waals surface area (Å²) in [6.45, 7) is 4.44. The van der Waals surface area contributed by atoms with Gasteiger partial charge in [-0.2, -0.15) is 5.10 Å². The summed E-state index contributed by atoms with van der Waals surface area (Å²) in [6, 6.07) is 3.83. The summed E-state index contributed by atoms with van der Waals surface area (Å²) in [5, 5.41) is 16.4. The average Bonchev–Trinajstić information content (AvgIpc) is 2.18. The van der Waals surface area contributed by atoms with E-state index in [1.165, 1.54) is 0 Å². The molecule has 0 aliphatic rings. The fourth-order valence-corrected chi connectivity index (χ4v) is 1.30. The summed E-state index contributed by atoms with van der Waals surface area (Å²) >= 11 is 0. The molecular weight excluding hydrogens is 194 g/mol. The number of rotatable bonds is 5. The molecule has 15 heavy (non-hydrogen) atoms. The number of carbonyl (C=O) groups is 1. The van der Waals surface area contributed by atoms with E-state index in [1.54, 1.807) is 12.3 Å². The maximum atomic E-state index is 10.5. The second-order valence-corrected chi connectivity index (χ2v) is 3.51. The van der Waals surface area contributed by atoms with E-state index in [-0.39, 0.29) is 12.5 Å². The van der Waals surface area contributed by atoms with Crippen LogP contribution < -0.4 is 4.90 Å². The Hall–Kier alpha value is -1.65. The molecule has 0 aliphatic heterocycles. The number of carboxylic acid groups (broad SMARTS) is 1. The zero-order chi connectivity index (χ0) is 11.3. The first kappa shape index (κ1) is 11.4. The Morgan fingerprint density at radius 3 is 2.80 bits per heavy atom. The van der Waals surface area contributed by atoms with Crippen LogP contribution in [0.25, 0.3) is 0 Å². The summed E-state index contributed by atoms with van der Waals surface area (Å²) in [7, 11) is 0. The normalized spacial score (nSPS) is 10.3. The predicted octanol–water partition coefficient (Wildman–Crippen LogP) is 1.17. The van der Waals surface area contributed by atoms with Crippen LogP contribution in [0.15, 0.2) is 18.3 Å². The van der Waals surface area contributed by atoms with Gasteiger partial charge in [-0.3, -0.25) is 4.79 Å². The number of aliphatic carboxylic acids is 1. The highest BCUT2D eigenvalue weighted by Crippen LogP contribution is 2.12. The fraction of sp³-hybridized carbons (Fsp3) is 0.500. The number of carboxylic acids is 1. The zero-order valence-corrected chi connectivity index (χ0v) is 8.92. The molecule has 0 spiro atoms. The van der Waals surface area contributed by atoms with Crippen molar-refractivity contribution in [3.05, 3.63) is 18.3 Å². The zero-order valence-electron chi connectivity index (χ0n) is 8.92. The molecule has 1 aromatic rings. The highest BCUT2D eigenvalue weighted by atomic mass is 16.4. The highest BCUT2D eigenvalue weighted by Gasteiger charge is 2.12. The highest BCUT2D eigenvalue weighted by molar-refractivity contribution is 5.67. The van der Waals surface area contributed by atoms with Gasteiger partial charge >= 0.3 is 5.97 Å². The minimum Gasteiger partial charge on any atom is -0.481 e. The second kappa shape index (κ2) is 5.29. The molecule has 0 radical (unpaired) electrons. The first-order valence-corrected chi connectivity index (χ1v) is 4.87. The number of aromatic nitrogens is 2. The molecule has 82 valence electrons. The molecule has 0 aromatic carbocycles. The molecule has 0 amide bonds. The standard InChI is InChI=1S/C10H15N3O2/c1-8(2)13(7-5-10(14)15)9-4-3-6-11-12-9/h3-4,6,8H,5,7H2,1-2H3,(H,14,15). The van der Waals surface area contributed by atoms with Crippen LogP contribution in [0, 0.1) is 0 Å². The molecule has 0 saturated carbocycles. The average molecular weight is 209 g/mol. The van der Waals surface area contributed by atoms with Crippen LogP contribution in [0.5, 0.6) is 0 Å². The Bertz CT molecular complexity index is 314. The Balaban J connectivity index is 2.70. The van der Waals surface area contributed by atoms with E-state index >= 15 is 0 Å². The first-order valence-electron chi connectivity index (χ1n) is 4.87. The molecule has 0 aliphatic carbocycles. The number of anilines is 1. The van der Waals surface area contributed by atoms with Gasteiger partial charge in [0.1, 0.15) is 0 Å². The maximum Gasteiger partial charge on any atom is 0.305 e.